The van der Waals surface area contributed by atoms with Crippen LogP contribution in [0.2, 0.25) is 0 Å². The lowest BCUT2D eigenvalue weighted by Crippen LogP contribution is -2.50. The fourth-order valence-corrected chi connectivity index (χ4v) is 5.33. The second kappa shape index (κ2) is 7.58. The van der Waals surface area contributed by atoms with Gasteiger partial charge in [-0.3, -0.25) is 0 Å². The van der Waals surface area contributed by atoms with Crippen LogP contribution in [0.1, 0.15) is 79.4 Å². The first-order valence-electron chi connectivity index (χ1n) is 12.1. The molecule has 2 aliphatic heterocycles. The van der Waals surface area contributed by atoms with Crippen molar-refractivity contribution in [3.63, 3.8) is 0 Å². The maximum atomic E-state index is 10.5. The molecule has 1 aromatic carbocycles. The molecule has 1 atom stereocenters. The average molecular weight is 441 g/mol. The largest absolute Gasteiger partial charge is 0.495 e. The summed E-state index contributed by atoms with van der Waals surface area (Å²) in [7, 11) is 2.37. The lowest BCUT2D eigenvalue weighted by atomic mass is 9.66. The van der Waals surface area contributed by atoms with Gasteiger partial charge in [0.05, 0.1) is 22.4 Å². The SMILES string of the molecule is CN1CCC2(CCc3c(BOC(C)(C)C(C)(C)O)ccc(B4OC(C)(C)C(C)(C)O4)c32)C1. The smallest absolute Gasteiger partial charge is 0.427 e. The van der Waals surface area contributed by atoms with Gasteiger partial charge in [-0.1, -0.05) is 12.1 Å². The van der Waals surface area contributed by atoms with Crippen LogP contribution < -0.4 is 10.9 Å². The lowest BCUT2D eigenvalue weighted by Gasteiger charge is -2.38. The van der Waals surface area contributed by atoms with Crippen molar-refractivity contribution in [3.8, 4) is 0 Å². The van der Waals surface area contributed by atoms with Gasteiger partial charge in [-0.15, -0.1) is 0 Å². The molecule has 2 fully saturated rings. The molecule has 3 aliphatic rings. The highest BCUT2D eigenvalue weighted by Gasteiger charge is 2.55. The molecule has 4 rings (SSSR count). The summed E-state index contributed by atoms with van der Waals surface area (Å²) in [5, 5.41) is 10.5. The summed E-state index contributed by atoms with van der Waals surface area (Å²) in [4.78, 5) is 2.45. The standard InChI is InChI=1S/C25H41B2NO4/c1-21(2,29)22(3,4)30-26-18-10-11-19(27-31-23(5,6)24(7,8)32-27)20-17(18)12-13-25(20)14-15-28(9)16-25/h10-11,26,29H,12-16H2,1-9H3. The van der Waals surface area contributed by atoms with E-state index in [9.17, 15) is 5.11 Å². The normalized spacial score (nSPS) is 27.4. The van der Waals surface area contributed by atoms with Gasteiger partial charge in [0.2, 0.25) is 0 Å². The van der Waals surface area contributed by atoms with Gasteiger partial charge in [0.15, 0.2) is 0 Å². The summed E-state index contributed by atoms with van der Waals surface area (Å²) >= 11 is 0. The quantitative estimate of drug-likeness (QED) is 0.710. The van der Waals surface area contributed by atoms with Crippen molar-refractivity contribution in [3.05, 3.63) is 23.3 Å². The molecule has 0 aromatic heterocycles. The van der Waals surface area contributed by atoms with E-state index in [0.29, 0.717) is 7.48 Å². The molecule has 176 valence electrons. The topological polar surface area (TPSA) is 51.2 Å². The van der Waals surface area contributed by atoms with Crippen molar-refractivity contribution in [2.75, 3.05) is 20.1 Å². The van der Waals surface area contributed by atoms with E-state index in [2.05, 4.69) is 51.8 Å². The zero-order valence-electron chi connectivity index (χ0n) is 21.6. The molecule has 7 heteroatoms. The van der Waals surface area contributed by atoms with Crippen LogP contribution in [-0.2, 0) is 25.8 Å². The monoisotopic (exact) mass is 441 g/mol. The van der Waals surface area contributed by atoms with Gasteiger partial charge in [-0.25, -0.2) is 0 Å². The maximum Gasteiger partial charge on any atom is 0.495 e. The van der Waals surface area contributed by atoms with Crippen molar-refractivity contribution in [2.45, 2.75) is 102 Å². The Kier molecular flexibility index (Phi) is 5.75. The molecule has 1 unspecified atom stereocenters. The third-order valence-corrected chi connectivity index (χ3v) is 8.94. The third-order valence-electron chi connectivity index (χ3n) is 8.94. The summed E-state index contributed by atoms with van der Waals surface area (Å²) in [6, 6.07) is 4.40. The van der Waals surface area contributed by atoms with Crippen molar-refractivity contribution in [1.29, 1.82) is 0 Å². The molecule has 0 bridgehead atoms. The number of likely N-dealkylation sites (N-methyl/N-ethyl adjacent to an activating group) is 1. The first-order chi connectivity index (χ1) is 14.6. The maximum absolute atomic E-state index is 10.5. The lowest BCUT2D eigenvalue weighted by molar-refractivity contribution is -0.0893. The fourth-order valence-electron chi connectivity index (χ4n) is 5.33. The third kappa shape index (κ3) is 3.88. The molecule has 1 aliphatic carbocycles. The Morgan fingerprint density at radius 2 is 1.69 bits per heavy atom. The zero-order chi connectivity index (χ0) is 23.7. The number of nitrogens with zero attached hydrogens (tertiary/aromatic N) is 1. The van der Waals surface area contributed by atoms with E-state index < -0.39 is 11.2 Å². The van der Waals surface area contributed by atoms with Crippen LogP contribution in [0, 0.1) is 0 Å². The number of aliphatic hydroxyl groups is 1. The van der Waals surface area contributed by atoms with E-state index in [1.54, 1.807) is 0 Å². The van der Waals surface area contributed by atoms with Crippen LogP contribution in [0.4, 0.5) is 0 Å². The number of benzene rings is 1. The Morgan fingerprint density at radius 1 is 1.06 bits per heavy atom. The number of rotatable bonds is 5. The minimum Gasteiger partial charge on any atom is -0.427 e. The molecule has 1 aromatic rings. The predicted molar refractivity (Wildman–Crippen MR) is 133 cm³/mol. The molecule has 1 N–H and O–H groups in total. The van der Waals surface area contributed by atoms with Crippen LogP contribution in [0.25, 0.3) is 0 Å². The zero-order valence-corrected chi connectivity index (χ0v) is 21.6. The summed E-state index contributed by atoms with van der Waals surface area (Å²) in [5.74, 6) is 0. The summed E-state index contributed by atoms with van der Waals surface area (Å²) in [6.45, 7) is 18.2. The molecule has 1 spiro atoms. The molecule has 0 saturated carbocycles. The van der Waals surface area contributed by atoms with Crippen LogP contribution >= 0.6 is 0 Å². The van der Waals surface area contributed by atoms with Gasteiger partial charge in [0.25, 0.3) is 0 Å². The van der Waals surface area contributed by atoms with E-state index >= 15 is 0 Å². The van der Waals surface area contributed by atoms with Gasteiger partial charge in [-0.05, 0) is 110 Å². The number of likely N-dealkylation sites (tertiary alicyclic amines) is 1. The molecular formula is C25H41B2NO4. The van der Waals surface area contributed by atoms with E-state index in [0.717, 1.165) is 25.9 Å². The molecule has 2 heterocycles. The average Bonchev–Trinajstić information content (AvgIpc) is 3.27. The molecular weight excluding hydrogens is 400 g/mol. The molecule has 5 nitrogen and oxygen atoms in total. The van der Waals surface area contributed by atoms with Gasteiger partial charge in [0, 0.05) is 12.0 Å². The molecule has 0 amide bonds. The Balaban J connectivity index is 1.73. The van der Waals surface area contributed by atoms with Crippen LogP contribution in [0.5, 0.6) is 0 Å². The van der Waals surface area contributed by atoms with Crippen molar-refractivity contribution >= 4 is 25.5 Å². The second-order valence-corrected chi connectivity index (χ2v) is 12.4. The molecule has 2 saturated heterocycles. The van der Waals surface area contributed by atoms with Gasteiger partial charge in [-0.2, -0.15) is 0 Å². The first kappa shape index (κ1) is 24.3. The predicted octanol–water partition coefficient (Wildman–Crippen LogP) is 2.05. The minimum atomic E-state index is -0.922. The van der Waals surface area contributed by atoms with E-state index in [4.69, 9.17) is 14.0 Å². The Bertz CT molecular complexity index is 877. The second-order valence-electron chi connectivity index (χ2n) is 12.4. The first-order valence-corrected chi connectivity index (χ1v) is 12.1. The number of hydrogen-bond acceptors (Lipinski definition) is 5. The fraction of sp³-hybridized carbons (Fsp3) is 0.760. The Morgan fingerprint density at radius 3 is 2.22 bits per heavy atom. The van der Waals surface area contributed by atoms with Crippen molar-refractivity contribution in [2.24, 2.45) is 0 Å². The van der Waals surface area contributed by atoms with Gasteiger partial charge in [0.1, 0.15) is 0 Å². The summed E-state index contributed by atoms with van der Waals surface area (Å²) in [5.41, 5.74) is 3.12. The van der Waals surface area contributed by atoms with E-state index in [1.165, 1.54) is 28.5 Å². The minimum absolute atomic E-state index is 0.158. The molecule has 0 radical (unpaired) electrons. The Hall–Kier alpha value is -0.850. The highest BCUT2D eigenvalue weighted by atomic mass is 16.7. The van der Waals surface area contributed by atoms with Crippen LogP contribution in [0.3, 0.4) is 0 Å². The van der Waals surface area contributed by atoms with E-state index in [-0.39, 0.29) is 23.7 Å². The summed E-state index contributed by atoms with van der Waals surface area (Å²) < 4.78 is 19.3. The van der Waals surface area contributed by atoms with E-state index in [1.807, 2.05) is 27.7 Å². The Labute approximate surface area is 195 Å². The summed E-state index contributed by atoms with van der Waals surface area (Å²) in [6.07, 6.45) is 3.38. The van der Waals surface area contributed by atoms with Crippen LogP contribution in [0.15, 0.2) is 12.1 Å². The van der Waals surface area contributed by atoms with Gasteiger partial charge < -0.3 is 24.0 Å². The van der Waals surface area contributed by atoms with Gasteiger partial charge >= 0.3 is 14.6 Å². The molecule has 32 heavy (non-hydrogen) atoms. The number of hydrogen-bond donors (Lipinski definition) is 1. The highest BCUT2D eigenvalue weighted by molar-refractivity contribution is 6.63. The van der Waals surface area contributed by atoms with Crippen LogP contribution in [-0.4, -0.2) is 67.1 Å². The highest BCUT2D eigenvalue weighted by Crippen LogP contribution is 2.45. The number of fused-ring (bicyclic) bond motifs is 2. The van der Waals surface area contributed by atoms with Crippen molar-refractivity contribution in [1.82, 2.24) is 4.90 Å². The van der Waals surface area contributed by atoms with Crippen molar-refractivity contribution < 1.29 is 19.1 Å².